The van der Waals surface area contributed by atoms with Crippen LogP contribution in [0.15, 0.2) is 36.4 Å². The van der Waals surface area contributed by atoms with Crippen molar-refractivity contribution in [3.63, 3.8) is 0 Å². The van der Waals surface area contributed by atoms with E-state index in [4.69, 9.17) is 10.5 Å². The fraction of sp³-hybridized carbons (Fsp3) is 0.364. The van der Waals surface area contributed by atoms with Gasteiger partial charge in [-0.1, -0.05) is 39.0 Å². The minimum atomic E-state index is -0.770. The molecule has 6 heteroatoms. The molecule has 2 aromatic rings. The first-order valence-electron chi connectivity index (χ1n) is 9.07. The van der Waals surface area contributed by atoms with Gasteiger partial charge in [0.2, 0.25) is 0 Å². The van der Waals surface area contributed by atoms with Crippen molar-refractivity contribution >= 4 is 23.3 Å². The summed E-state index contributed by atoms with van der Waals surface area (Å²) in [6, 6.07) is 9.95. The molecule has 1 amide bonds. The molecule has 0 radical (unpaired) electrons. The number of phenolic OH excluding ortho intramolecular Hbond substituents is 1. The van der Waals surface area contributed by atoms with Crippen LogP contribution in [0.3, 0.4) is 0 Å². The molecule has 0 heterocycles. The number of rotatable bonds is 3. The van der Waals surface area contributed by atoms with Crippen LogP contribution in [0.1, 0.15) is 67.8 Å². The Balaban J connectivity index is 2.49. The molecule has 0 fully saturated rings. The van der Waals surface area contributed by atoms with E-state index in [1.165, 1.54) is 12.1 Å². The van der Waals surface area contributed by atoms with Gasteiger partial charge >= 0.3 is 5.97 Å². The first-order chi connectivity index (χ1) is 12.8. The molecule has 0 aromatic heterocycles. The second-order valence-corrected chi connectivity index (χ2v) is 8.68. The van der Waals surface area contributed by atoms with Crippen molar-refractivity contribution in [3.8, 4) is 5.75 Å². The second-order valence-electron chi connectivity index (χ2n) is 8.68. The lowest BCUT2D eigenvalue weighted by molar-refractivity contribution is 0.00681. The molecule has 0 aliphatic carbocycles. The SMILES string of the molecule is CC(C)(C)OC(=O)c1c(O)ccc(N)c1NC(=O)c1ccccc1C(C)(C)C. The third kappa shape index (κ3) is 4.82. The van der Waals surface area contributed by atoms with E-state index in [1.807, 2.05) is 32.9 Å². The number of carbonyl (C=O) groups excluding carboxylic acids is 2. The van der Waals surface area contributed by atoms with E-state index in [9.17, 15) is 14.7 Å². The number of phenols is 1. The van der Waals surface area contributed by atoms with E-state index in [0.717, 1.165) is 5.56 Å². The van der Waals surface area contributed by atoms with Crippen LogP contribution in [0.5, 0.6) is 5.75 Å². The molecular formula is C22H28N2O4. The van der Waals surface area contributed by atoms with Crippen molar-refractivity contribution in [2.75, 3.05) is 11.1 Å². The molecule has 0 aliphatic heterocycles. The van der Waals surface area contributed by atoms with E-state index in [1.54, 1.807) is 32.9 Å². The predicted molar refractivity (Wildman–Crippen MR) is 111 cm³/mol. The first-order valence-corrected chi connectivity index (χ1v) is 9.07. The maximum Gasteiger partial charge on any atom is 0.344 e. The van der Waals surface area contributed by atoms with E-state index in [2.05, 4.69) is 5.32 Å². The minimum Gasteiger partial charge on any atom is -0.507 e. The Morgan fingerprint density at radius 3 is 2.18 bits per heavy atom. The number of carbonyl (C=O) groups is 2. The summed E-state index contributed by atoms with van der Waals surface area (Å²) < 4.78 is 5.36. The van der Waals surface area contributed by atoms with Gasteiger partial charge in [-0.05, 0) is 49.9 Å². The summed E-state index contributed by atoms with van der Waals surface area (Å²) >= 11 is 0. The molecule has 0 atom stereocenters. The Kier molecular flexibility index (Phi) is 5.73. The number of hydrogen-bond acceptors (Lipinski definition) is 5. The van der Waals surface area contributed by atoms with Gasteiger partial charge in [-0.15, -0.1) is 0 Å². The largest absolute Gasteiger partial charge is 0.507 e. The molecule has 4 N–H and O–H groups in total. The lowest BCUT2D eigenvalue weighted by Crippen LogP contribution is -2.26. The summed E-state index contributed by atoms with van der Waals surface area (Å²) in [6.45, 7) is 11.2. The maximum absolute atomic E-state index is 13.0. The average Bonchev–Trinajstić information content (AvgIpc) is 2.55. The highest BCUT2D eigenvalue weighted by Gasteiger charge is 2.27. The lowest BCUT2D eigenvalue weighted by Gasteiger charge is -2.24. The Labute approximate surface area is 165 Å². The van der Waals surface area contributed by atoms with Crippen LogP contribution in [0.4, 0.5) is 11.4 Å². The first kappa shape index (κ1) is 21.3. The fourth-order valence-corrected chi connectivity index (χ4v) is 2.79. The zero-order valence-electron chi connectivity index (χ0n) is 17.2. The topological polar surface area (TPSA) is 102 Å². The number of nitrogen functional groups attached to an aromatic ring is 1. The van der Waals surface area contributed by atoms with Gasteiger partial charge in [-0.2, -0.15) is 0 Å². The summed E-state index contributed by atoms with van der Waals surface area (Å²) in [5.74, 6) is -1.51. The van der Waals surface area contributed by atoms with Gasteiger partial charge in [0.25, 0.3) is 5.91 Å². The molecule has 0 aliphatic rings. The highest BCUT2D eigenvalue weighted by molar-refractivity contribution is 6.12. The number of amides is 1. The van der Waals surface area contributed by atoms with Crippen molar-refractivity contribution in [3.05, 3.63) is 53.1 Å². The van der Waals surface area contributed by atoms with Crippen LogP contribution in [-0.4, -0.2) is 22.6 Å². The number of nitrogens with one attached hydrogen (secondary N) is 1. The zero-order valence-corrected chi connectivity index (χ0v) is 17.2. The highest BCUT2D eigenvalue weighted by atomic mass is 16.6. The summed E-state index contributed by atoms with van der Waals surface area (Å²) in [6.07, 6.45) is 0. The Hall–Kier alpha value is -3.02. The summed E-state index contributed by atoms with van der Waals surface area (Å²) in [4.78, 5) is 25.6. The van der Waals surface area contributed by atoms with Crippen molar-refractivity contribution in [1.82, 2.24) is 0 Å². The minimum absolute atomic E-state index is 0.0305. The van der Waals surface area contributed by atoms with Crippen LogP contribution in [-0.2, 0) is 10.2 Å². The molecule has 6 nitrogen and oxygen atoms in total. The number of benzene rings is 2. The number of hydrogen-bond donors (Lipinski definition) is 3. The zero-order chi connectivity index (χ0) is 21.3. The van der Waals surface area contributed by atoms with Crippen molar-refractivity contribution in [2.45, 2.75) is 52.6 Å². The van der Waals surface area contributed by atoms with Gasteiger partial charge in [-0.25, -0.2) is 4.79 Å². The number of nitrogens with two attached hydrogens (primary N) is 1. The number of esters is 1. The Morgan fingerprint density at radius 2 is 1.61 bits per heavy atom. The fourth-order valence-electron chi connectivity index (χ4n) is 2.79. The Bertz CT molecular complexity index is 906. The predicted octanol–water partition coefficient (Wildman–Crippen LogP) is 4.48. The van der Waals surface area contributed by atoms with E-state index in [0.29, 0.717) is 5.56 Å². The number of anilines is 2. The quantitative estimate of drug-likeness (QED) is 0.411. The summed E-state index contributed by atoms with van der Waals surface area (Å²) in [7, 11) is 0. The van der Waals surface area contributed by atoms with Crippen LogP contribution in [0.2, 0.25) is 0 Å². The number of ether oxygens (including phenoxy) is 1. The van der Waals surface area contributed by atoms with Crippen LogP contribution >= 0.6 is 0 Å². The normalized spacial score (nSPS) is 11.8. The number of aromatic hydroxyl groups is 1. The van der Waals surface area contributed by atoms with E-state index < -0.39 is 17.5 Å². The van der Waals surface area contributed by atoms with E-state index in [-0.39, 0.29) is 28.1 Å². The van der Waals surface area contributed by atoms with Crippen molar-refractivity contribution < 1.29 is 19.4 Å². The maximum atomic E-state index is 13.0. The monoisotopic (exact) mass is 384 g/mol. The third-order valence-electron chi connectivity index (χ3n) is 4.04. The molecule has 2 aromatic carbocycles. The van der Waals surface area contributed by atoms with Gasteiger partial charge in [0.05, 0.1) is 11.4 Å². The standard InChI is InChI=1S/C22H28N2O4/c1-21(2,3)14-10-8-7-9-13(14)19(26)24-18-15(23)11-12-16(25)17(18)20(27)28-22(4,5)6/h7-12,25H,23H2,1-6H3,(H,24,26). The molecule has 0 saturated heterocycles. The van der Waals surface area contributed by atoms with Crippen LogP contribution in [0, 0.1) is 0 Å². The van der Waals surface area contributed by atoms with Crippen LogP contribution < -0.4 is 11.1 Å². The third-order valence-corrected chi connectivity index (χ3v) is 4.04. The summed E-state index contributed by atoms with van der Waals surface area (Å²) in [5, 5.41) is 12.9. The second kappa shape index (κ2) is 7.54. The van der Waals surface area contributed by atoms with Gasteiger partial charge in [0.15, 0.2) is 0 Å². The molecule has 0 unspecified atom stereocenters. The molecule has 0 spiro atoms. The van der Waals surface area contributed by atoms with Gasteiger partial charge < -0.3 is 20.9 Å². The average molecular weight is 384 g/mol. The molecule has 0 saturated carbocycles. The van der Waals surface area contributed by atoms with Crippen molar-refractivity contribution in [2.24, 2.45) is 0 Å². The molecule has 150 valence electrons. The lowest BCUT2D eigenvalue weighted by atomic mass is 9.83. The summed E-state index contributed by atoms with van der Waals surface area (Å²) in [5.41, 5.74) is 6.31. The van der Waals surface area contributed by atoms with Gasteiger partial charge in [0.1, 0.15) is 16.9 Å². The smallest absolute Gasteiger partial charge is 0.344 e. The molecule has 2 rings (SSSR count). The van der Waals surface area contributed by atoms with Gasteiger partial charge in [0, 0.05) is 5.56 Å². The van der Waals surface area contributed by atoms with Crippen molar-refractivity contribution in [1.29, 1.82) is 0 Å². The molecular weight excluding hydrogens is 356 g/mol. The van der Waals surface area contributed by atoms with E-state index >= 15 is 0 Å². The highest BCUT2D eigenvalue weighted by Crippen LogP contribution is 2.34. The Morgan fingerprint density at radius 1 is 1.00 bits per heavy atom. The molecule has 28 heavy (non-hydrogen) atoms. The van der Waals surface area contributed by atoms with Gasteiger partial charge in [-0.3, -0.25) is 4.79 Å². The van der Waals surface area contributed by atoms with Crippen LogP contribution in [0.25, 0.3) is 0 Å². The molecule has 0 bridgehead atoms.